The van der Waals surface area contributed by atoms with Crippen LogP contribution in [0.25, 0.3) is 0 Å². The largest absolute Gasteiger partial charge is 0.377 e. The highest BCUT2D eigenvalue weighted by Crippen LogP contribution is 2.12. The van der Waals surface area contributed by atoms with Crippen LogP contribution in [0.2, 0.25) is 0 Å². The van der Waals surface area contributed by atoms with Crippen molar-refractivity contribution in [3.05, 3.63) is 35.1 Å². The number of hydrogen-bond donors (Lipinski definition) is 3. The summed E-state index contributed by atoms with van der Waals surface area (Å²) in [5.74, 6) is 0.169. The molecule has 1 aliphatic rings. The molecule has 1 atom stereocenters. The minimum Gasteiger partial charge on any atom is -0.377 e. The number of ether oxygens (including phenoxy) is 1. The third-order valence-electron chi connectivity index (χ3n) is 4.47. The van der Waals surface area contributed by atoms with E-state index in [0.717, 1.165) is 24.8 Å². The minimum atomic E-state index is -3.39. The van der Waals surface area contributed by atoms with Gasteiger partial charge in [-0.25, -0.2) is 22.5 Å². The molecule has 0 aliphatic carbocycles. The van der Waals surface area contributed by atoms with Crippen LogP contribution in [0, 0.1) is 12.7 Å². The lowest BCUT2D eigenvalue weighted by atomic mass is 10.1. The van der Waals surface area contributed by atoms with E-state index in [2.05, 4.69) is 20.3 Å². The molecule has 1 heterocycles. The van der Waals surface area contributed by atoms with Crippen molar-refractivity contribution in [2.24, 2.45) is 4.99 Å². The molecule has 10 heteroatoms. The number of nitrogens with one attached hydrogen (secondary N) is 3. The fourth-order valence-corrected chi connectivity index (χ4v) is 3.77. The van der Waals surface area contributed by atoms with Crippen LogP contribution in [-0.2, 0) is 21.3 Å². The average molecular weight is 542 g/mol. The van der Waals surface area contributed by atoms with Gasteiger partial charge < -0.3 is 15.4 Å². The van der Waals surface area contributed by atoms with Crippen molar-refractivity contribution in [3.8, 4) is 0 Å². The first-order valence-electron chi connectivity index (χ1n) is 9.76. The Labute approximate surface area is 190 Å². The van der Waals surface area contributed by atoms with Crippen LogP contribution in [0.15, 0.2) is 23.2 Å². The standard InChI is InChI=1S/C19H31FN4O3S.HI/c1-3-21-19(23-13-16-8-7-15(2)18(20)12-16)22-9-11-28(25,26)24-14-17-6-4-5-10-27-17;/h7-8,12,17,24H,3-6,9-11,13-14H2,1-2H3,(H2,21,22,23);1H. The van der Waals surface area contributed by atoms with Crippen LogP contribution >= 0.6 is 24.0 Å². The Morgan fingerprint density at radius 3 is 2.76 bits per heavy atom. The van der Waals surface area contributed by atoms with E-state index in [9.17, 15) is 12.8 Å². The van der Waals surface area contributed by atoms with E-state index in [1.54, 1.807) is 13.0 Å². The number of guanidine groups is 1. The maximum Gasteiger partial charge on any atom is 0.213 e. The first-order valence-corrected chi connectivity index (χ1v) is 11.4. The number of hydrogen-bond acceptors (Lipinski definition) is 4. The van der Waals surface area contributed by atoms with Gasteiger partial charge in [0.2, 0.25) is 10.0 Å². The van der Waals surface area contributed by atoms with Gasteiger partial charge in [0.05, 0.1) is 18.4 Å². The number of rotatable bonds is 9. The molecule has 0 saturated carbocycles. The highest BCUT2D eigenvalue weighted by atomic mass is 127. The SMILES string of the molecule is CCNC(=NCc1ccc(C)c(F)c1)NCCS(=O)(=O)NCC1CCCCO1.I. The topological polar surface area (TPSA) is 91.8 Å². The number of sulfonamides is 1. The molecule has 1 aliphatic heterocycles. The summed E-state index contributed by atoms with van der Waals surface area (Å²) in [5, 5.41) is 6.06. The second-order valence-corrected chi connectivity index (χ2v) is 8.79. The van der Waals surface area contributed by atoms with E-state index in [1.165, 1.54) is 6.07 Å². The predicted molar refractivity (Wildman–Crippen MR) is 125 cm³/mol. The molecule has 1 saturated heterocycles. The van der Waals surface area contributed by atoms with E-state index in [4.69, 9.17) is 4.74 Å². The van der Waals surface area contributed by atoms with E-state index < -0.39 is 10.0 Å². The van der Waals surface area contributed by atoms with Gasteiger partial charge in [-0.2, -0.15) is 0 Å². The molecule has 29 heavy (non-hydrogen) atoms. The highest BCUT2D eigenvalue weighted by molar-refractivity contribution is 14.0. The number of halogens is 2. The summed E-state index contributed by atoms with van der Waals surface area (Å²) in [4.78, 5) is 4.39. The van der Waals surface area contributed by atoms with Crippen LogP contribution in [0.5, 0.6) is 0 Å². The lowest BCUT2D eigenvalue weighted by molar-refractivity contribution is 0.0200. The Morgan fingerprint density at radius 1 is 1.31 bits per heavy atom. The van der Waals surface area contributed by atoms with Gasteiger partial charge in [-0.05, 0) is 50.3 Å². The molecule has 1 aromatic carbocycles. The van der Waals surface area contributed by atoms with Crippen LogP contribution in [0.4, 0.5) is 4.39 Å². The van der Waals surface area contributed by atoms with E-state index in [1.807, 2.05) is 13.0 Å². The summed E-state index contributed by atoms with van der Waals surface area (Å²) >= 11 is 0. The summed E-state index contributed by atoms with van der Waals surface area (Å²) in [7, 11) is -3.39. The van der Waals surface area contributed by atoms with Crippen molar-refractivity contribution in [2.75, 3.05) is 32.0 Å². The van der Waals surface area contributed by atoms with Gasteiger partial charge in [-0.3, -0.25) is 0 Å². The van der Waals surface area contributed by atoms with Gasteiger partial charge >= 0.3 is 0 Å². The average Bonchev–Trinajstić information content (AvgIpc) is 2.68. The van der Waals surface area contributed by atoms with Crippen molar-refractivity contribution >= 4 is 40.0 Å². The fourth-order valence-electron chi connectivity index (χ4n) is 2.81. The van der Waals surface area contributed by atoms with Crippen LogP contribution < -0.4 is 15.4 Å². The molecule has 0 amide bonds. The van der Waals surface area contributed by atoms with E-state index in [-0.39, 0.29) is 48.2 Å². The maximum atomic E-state index is 13.6. The highest BCUT2D eigenvalue weighted by Gasteiger charge is 2.17. The molecule has 0 radical (unpaired) electrons. The molecular weight excluding hydrogens is 510 g/mol. The molecular formula is C19H32FIN4O3S. The lowest BCUT2D eigenvalue weighted by Gasteiger charge is -2.22. The third kappa shape index (κ3) is 10.1. The Bertz CT molecular complexity index is 756. The van der Waals surface area contributed by atoms with Crippen molar-refractivity contribution in [1.82, 2.24) is 15.4 Å². The van der Waals surface area contributed by atoms with Crippen molar-refractivity contribution in [3.63, 3.8) is 0 Å². The van der Waals surface area contributed by atoms with Gasteiger partial charge in [-0.1, -0.05) is 12.1 Å². The zero-order chi connectivity index (χ0) is 20.4. The normalized spacial score (nSPS) is 17.5. The fraction of sp³-hybridized carbons (Fsp3) is 0.632. The molecule has 0 spiro atoms. The van der Waals surface area contributed by atoms with E-state index in [0.29, 0.717) is 37.8 Å². The smallest absolute Gasteiger partial charge is 0.213 e. The first-order chi connectivity index (χ1) is 13.4. The molecule has 166 valence electrons. The van der Waals surface area contributed by atoms with Gasteiger partial charge in [-0.15, -0.1) is 24.0 Å². The summed E-state index contributed by atoms with van der Waals surface area (Å²) in [6, 6.07) is 5.01. The zero-order valence-corrected chi connectivity index (χ0v) is 20.2. The molecule has 3 N–H and O–H groups in total. The van der Waals surface area contributed by atoms with Gasteiger partial charge in [0.1, 0.15) is 5.82 Å². The summed E-state index contributed by atoms with van der Waals surface area (Å²) in [5.41, 5.74) is 1.34. The molecule has 1 aromatic rings. The van der Waals surface area contributed by atoms with Gasteiger partial charge in [0, 0.05) is 26.2 Å². The van der Waals surface area contributed by atoms with Crippen molar-refractivity contribution < 1.29 is 17.5 Å². The van der Waals surface area contributed by atoms with Gasteiger partial charge in [0.25, 0.3) is 0 Å². The van der Waals surface area contributed by atoms with Crippen molar-refractivity contribution in [2.45, 2.75) is 45.8 Å². The maximum absolute atomic E-state index is 13.6. The second kappa shape index (κ2) is 13.3. The Balaban J connectivity index is 0.00000420. The molecule has 0 bridgehead atoms. The molecule has 0 aromatic heterocycles. The van der Waals surface area contributed by atoms with E-state index >= 15 is 0 Å². The molecule has 1 fully saturated rings. The van der Waals surface area contributed by atoms with Crippen LogP contribution in [0.1, 0.15) is 37.3 Å². The van der Waals surface area contributed by atoms with Gasteiger partial charge in [0.15, 0.2) is 5.96 Å². The number of aliphatic imine (C=N–C) groups is 1. The monoisotopic (exact) mass is 542 g/mol. The summed E-state index contributed by atoms with van der Waals surface area (Å²) in [6.45, 7) is 5.80. The molecule has 7 nitrogen and oxygen atoms in total. The molecule has 1 unspecified atom stereocenters. The van der Waals surface area contributed by atoms with Crippen LogP contribution in [0.3, 0.4) is 0 Å². The third-order valence-corrected chi connectivity index (χ3v) is 5.82. The van der Waals surface area contributed by atoms with Crippen LogP contribution in [-0.4, -0.2) is 52.5 Å². The molecule has 2 rings (SSSR count). The Kier molecular flexibility index (Phi) is 12.0. The lowest BCUT2D eigenvalue weighted by Crippen LogP contribution is -2.42. The quantitative estimate of drug-likeness (QED) is 0.253. The minimum absolute atomic E-state index is 0. The first kappa shape index (κ1) is 26.1. The summed E-state index contributed by atoms with van der Waals surface area (Å²) in [6.07, 6.45) is 2.96. The number of benzene rings is 1. The van der Waals surface area contributed by atoms with Crippen molar-refractivity contribution in [1.29, 1.82) is 0 Å². The Hall–Kier alpha value is -0.980. The Morgan fingerprint density at radius 2 is 2.10 bits per heavy atom. The zero-order valence-electron chi connectivity index (χ0n) is 17.0. The predicted octanol–water partition coefficient (Wildman–Crippen LogP) is 2.30. The second-order valence-electron chi connectivity index (χ2n) is 6.86. The number of aryl methyl sites for hydroxylation is 1. The number of nitrogens with zero attached hydrogens (tertiary/aromatic N) is 1. The summed E-state index contributed by atoms with van der Waals surface area (Å²) < 4.78 is 46.1.